The molecule has 2 rings (SSSR count). The molecule has 0 bridgehead atoms. The van der Waals surface area contributed by atoms with E-state index in [9.17, 15) is 8.78 Å². The summed E-state index contributed by atoms with van der Waals surface area (Å²) < 4.78 is 26.6. The van der Waals surface area contributed by atoms with Crippen LogP contribution < -0.4 is 5.73 Å². The SMILES string of the molecule is NCC(F)(F)c1ncc(C#CC2CC2)cc1Cl. The highest BCUT2D eigenvalue weighted by molar-refractivity contribution is 6.31. The summed E-state index contributed by atoms with van der Waals surface area (Å²) in [6, 6.07) is 1.41. The molecule has 1 aromatic rings. The summed E-state index contributed by atoms with van der Waals surface area (Å²) in [5, 5.41) is -0.0944. The van der Waals surface area contributed by atoms with E-state index in [1.165, 1.54) is 12.3 Å². The first-order valence-corrected chi connectivity index (χ1v) is 5.66. The highest BCUT2D eigenvalue weighted by Gasteiger charge is 2.33. The fourth-order valence-corrected chi connectivity index (χ4v) is 1.59. The van der Waals surface area contributed by atoms with Crippen molar-refractivity contribution in [2.75, 3.05) is 6.54 Å². The lowest BCUT2D eigenvalue weighted by Crippen LogP contribution is -2.26. The second-order valence-electron chi connectivity index (χ2n) is 4.01. The normalized spacial score (nSPS) is 15.3. The molecule has 17 heavy (non-hydrogen) atoms. The van der Waals surface area contributed by atoms with Gasteiger partial charge < -0.3 is 5.73 Å². The molecule has 2 N–H and O–H groups in total. The number of nitrogens with two attached hydrogens (primary N) is 1. The quantitative estimate of drug-likeness (QED) is 0.826. The Kier molecular flexibility index (Phi) is 3.32. The van der Waals surface area contributed by atoms with Crippen LogP contribution in [0.3, 0.4) is 0 Å². The molecule has 0 unspecified atom stereocenters. The molecule has 5 heteroatoms. The van der Waals surface area contributed by atoms with Crippen LogP contribution in [-0.4, -0.2) is 11.5 Å². The van der Waals surface area contributed by atoms with E-state index in [0.717, 1.165) is 12.8 Å². The average Bonchev–Trinajstić information content (AvgIpc) is 3.10. The van der Waals surface area contributed by atoms with Gasteiger partial charge >= 0.3 is 5.92 Å². The molecule has 1 aromatic heterocycles. The van der Waals surface area contributed by atoms with Crippen molar-refractivity contribution in [3.8, 4) is 11.8 Å². The van der Waals surface area contributed by atoms with Gasteiger partial charge in [0.05, 0.1) is 11.6 Å². The van der Waals surface area contributed by atoms with E-state index in [4.69, 9.17) is 17.3 Å². The van der Waals surface area contributed by atoms with Gasteiger partial charge in [-0.05, 0) is 18.9 Å². The molecule has 1 fully saturated rings. The van der Waals surface area contributed by atoms with E-state index in [1.54, 1.807) is 0 Å². The fraction of sp³-hybridized carbons (Fsp3) is 0.417. The number of rotatable bonds is 2. The molecule has 1 aliphatic rings. The van der Waals surface area contributed by atoms with Crippen molar-refractivity contribution in [1.29, 1.82) is 0 Å². The molecule has 0 amide bonds. The van der Waals surface area contributed by atoms with Crippen molar-refractivity contribution in [1.82, 2.24) is 4.98 Å². The predicted octanol–water partition coefficient (Wildman–Crippen LogP) is 2.55. The molecule has 0 aliphatic heterocycles. The maximum Gasteiger partial charge on any atom is 0.303 e. The van der Waals surface area contributed by atoms with Gasteiger partial charge in [0, 0.05) is 17.7 Å². The largest absolute Gasteiger partial charge is 0.325 e. The lowest BCUT2D eigenvalue weighted by molar-refractivity contribution is 0.00150. The van der Waals surface area contributed by atoms with Crippen LogP contribution in [0.4, 0.5) is 8.78 Å². The van der Waals surface area contributed by atoms with Crippen molar-refractivity contribution < 1.29 is 8.78 Å². The van der Waals surface area contributed by atoms with Gasteiger partial charge in [0.2, 0.25) is 0 Å². The zero-order chi connectivity index (χ0) is 12.5. The van der Waals surface area contributed by atoms with Crippen molar-refractivity contribution in [3.63, 3.8) is 0 Å². The van der Waals surface area contributed by atoms with Gasteiger partial charge in [0.1, 0.15) is 5.69 Å². The summed E-state index contributed by atoms with van der Waals surface area (Å²) in [6.45, 7) is -0.813. The van der Waals surface area contributed by atoms with Gasteiger partial charge in [-0.25, -0.2) is 0 Å². The molecule has 1 heterocycles. The Bertz CT molecular complexity index is 487. The minimum Gasteiger partial charge on any atom is -0.325 e. The number of alkyl halides is 2. The van der Waals surface area contributed by atoms with Crippen molar-refractivity contribution >= 4 is 11.6 Å². The van der Waals surface area contributed by atoms with Crippen molar-refractivity contribution in [2.24, 2.45) is 11.7 Å². The smallest absolute Gasteiger partial charge is 0.303 e. The summed E-state index contributed by atoms with van der Waals surface area (Å²) in [7, 11) is 0. The third-order valence-corrected chi connectivity index (χ3v) is 2.73. The second-order valence-corrected chi connectivity index (χ2v) is 4.41. The zero-order valence-electron chi connectivity index (χ0n) is 9.01. The van der Waals surface area contributed by atoms with E-state index in [1.807, 2.05) is 0 Å². The summed E-state index contributed by atoms with van der Waals surface area (Å²) in [6.07, 6.45) is 3.52. The number of hydrogen-bond donors (Lipinski definition) is 1. The number of nitrogens with zero attached hydrogens (tertiary/aromatic N) is 1. The third kappa shape index (κ3) is 2.93. The topological polar surface area (TPSA) is 38.9 Å². The van der Waals surface area contributed by atoms with Crippen LogP contribution in [0.25, 0.3) is 0 Å². The Morgan fingerprint density at radius 3 is 2.76 bits per heavy atom. The van der Waals surface area contributed by atoms with Gasteiger partial charge in [0.25, 0.3) is 0 Å². The van der Waals surface area contributed by atoms with Crippen LogP contribution in [0.15, 0.2) is 12.3 Å². The Labute approximate surface area is 103 Å². The molecule has 1 saturated carbocycles. The second kappa shape index (κ2) is 4.59. The maximum atomic E-state index is 13.3. The molecule has 1 aliphatic carbocycles. The lowest BCUT2D eigenvalue weighted by atomic mass is 10.2. The van der Waals surface area contributed by atoms with E-state index in [0.29, 0.717) is 11.5 Å². The molecular weight excluding hydrogens is 246 g/mol. The molecule has 0 saturated heterocycles. The lowest BCUT2D eigenvalue weighted by Gasteiger charge is -2.14. The summed E-state index contributed by atoms with van der Waals surface area (Å²) in [5.41, 5.74) is 5.04. The highest BCUT2D eigenvalue weighted by Crippen LogP contribution is 2.31. The minimum absolute atomic E-state index is 0.0944. The van der Waals surface area contributed by atoms with E-state index >= 15 is 0 Å². The molecule has 0 atom stereocenters. The Morgan fingerprint density at radius 2 is 2.24 bits per heavy atom. The van der Waals surface area contributed by atoms with Crippen LogP contribution in [0.5, 0.6) is 0 Å². The molecule has 2 nitrogen and oxygen atoms in total. The van der Waals surface area contributed by atoms with Gasteiger partial charge in [-0.2, -0.15) is 8.78 Å². The van der Waals surface area contributed by atoms with Gasteiger partial charge in [-0.15, -0.1) is 0 Å². The predicted molar refractivity (Wildman–Crippen MR) is 61.8 cm³/mol. The number of hydrogen-bond acceptors (Lipinski definition) is 2. The van der Waals surface area contributed by atoms with Gasteiger partial charge in [-0.1, -0.05) is 23.4 Å². The highest BCUT2D eigenvalue weighted by atomic mass is 35.5. The Balaban J connectivity index is 2.25. The van der Waals surface area contributed by atoms with E-state index < -0.39 is 18.2 Å². The molecular formula is C12H11ClF2N2. The van der Waals surface area contributed by atoms with E-state index in [2.05, 4.69) is 16.8 Å². The Morgan fingerprint density at radius 1 is 1.53 bits per heavy atom. The van der Waals surface area contributed by atoms with Gasteiger partial charge in [0.15, 0.2) is 0 Å². The number of aromatic nitrogens is 1. The average molecular weight is 257 g/mol. The summed E-state index contributed by atoms with van der Waals surface area (Å²) in [5.74, 6) is 3.13. The van der Waals surface area contributed by atoms with Crippen molar-refractivity contribution in [2.45, 2.75) is 18.8 Å². The first-order valence-electron chi connectivity index (χ1n) is 5.28. The first-order chi connectivity index (χ1) is 8.03. The van der Waals surface area contributed by atoms with Crippen LogP contribution in [0.2, 0.25) is 5.02 Å². The van der Waals surface area contributed by atoms with Crippen LogP contribution in [-0.2, 0) is 5.92 Å². The first kappa shape index (κ1) is 12.3. The number of pyridine rings is 1. The van der Waals surface area contributed by atoms with Crippen LogP contribution in [0, 0.1) is 17.8 Å². The zero-order valence-corrected chi connectivity index (χ0v) is 9.77. The molecule has 0 spiro atoms. The minimum atomic E-state index is -3.19. The van der Waals surface area contributed by atoms with Crippen LogP contribution >= 0.6 is 11.6 Å². The van der Waals surface area contributed by atoms with Crippen molar-refractivity contribution in [3.05, 3.63) is 28.5 Å². The fourth-order valence-electron chi connectivity index (χ4n) is 1.29. The monoisotopic (exact) mass is 256 g/mol. The molecule has 0 aromatic carbocycles. The molecule has 0 radical (unpaired) electrons. The van der Waals surface area contributed by atoms with E-state index in [-0.39, 0.29) is 5.02 Å². The Hall–Kier alpha value is -1.18. The number of halogens is 3. The molecule has 90 valence electrons. The summed E-state index contributed by atoms with van der Waals surface area (Å²) >= 11 is 5.76. The standard InChI is InChI=1S/C12H11ClF2N2/c13-10-5-9(4-3-8-1-2-8)6-17-11(10)12(14,15)7-16/h5-6,8H,1-2,7,16H2. The van der Waals surface area contributed by atoms with Crippen LogP contribution in [0.1, 0.15) is 24.1 Å². The summed E-state index contributed by atoms with van der Waals surface area (Å²) in [4.78, 5) is 3.65. The van der Waals surface area contributed by atoms with Gasteiger partial charge in [-0.3, -0.25) is 4.98 Å². The third-order valence-electron chi connectivity index (χ3n) is 2.44. The maximum absolute atomic E-state index is 13.3.